The molecule has 4 heteroatoms. The lowest BCUT2D eigenvalue weighted by Crippen LogP contribution is -2.08. The van der Waals surface area contributed by atoms with E-state index in [1.54, 1.807) is 12.1 Å². The summed E-state index contributed by atoms with van der Waals surface area (Å²) in [6.07, 6.45) is 4.41. The number of nitro benzene ring substituents is 1. The van der Waals surface area contributed by atoms with Crippen molar-refractivity contribution >= 4 is 27.4 Å². The summed E-state index contributed by atoms with van der Waals surface area (Å²) >= 11 is 0. The van der Waals surface area contributed by atoms with Crippen LogP contribution in [0.3, 0.4) is 0 Å². The minimum Gasteiger partial charge on any atom is -0.258 e. The van der Waals surface area contributed by atoms with Crippen LogP contribution in [0.5, 0.6) is 0 Å². The van der Waals surface area contributed by atoms with Crippen LogP contribution < -0.4 is 0 Å². The van der Waals surface area contributed by atoms with Crippen molar-refractivity contribution in [2.24, 2.45) is 0 Å². The zero-order valence-corrected chi connectivity index (χ0v) is 14.8. The van der Waals surface area contributed by atoms with E-state index in [0.29, 0.717) is 0 Å². The van der Waals surface area contributed by atoms with E-state index in [2.05, 4.69) is 36.4 Å². The quantitative estimate of drug-likeness (QED) is 0.258. The van der Waals surface area contributed by atoms with Crippen molar-refractivity contribution < 1.29 is 4.92 Å². The Balaban J connectivity index is 1.81. The molecular weight excluding hydrogens is 336 g/mol. The largest absolute Gasteiger partial charge is 0.269 e. The molecule has 0 unspecified atom stereocenters. The van der Waals surface area contributed by atoms with E-state index in [-0.39, 0.29) is 10.6 Å². The number of nitrogens with zero attached hydrogens (tertiary/aromatic N) is 2. The van der Waals surface area contributed by atoms with E-state index in [9.17, 15) is 10.1 Å². The summed E-state index contributed by atoms with van der Waals surface area (Å²) < 4.78 is 0. The normalized spacial score (nSPS) is 13.6. The maximum Gasteiger partial charge on any atom is 0.269 e. The third-order valence-corrected chi connectivity index (χ3v) is 5.55. The average molecular weight is 354 g/mol. The molecule has 132 valence electrons. The Morgan fingerprint density at radius 2 is 1.59 bits per heavy atom. The molecule has 0 bridgehead atoms. The number of fused-ring (bicyclic) bond motifs is 5. The summed E-state index contributed by atoms with van der Waals surface area (Å²) in [5.41, 5.74) is 5.74. The van der Waals surface area contributed by atoms with E-state index >= 15 is 0 Å². The van der Waals surface area contributed by atoms with Gasteiger partial charge in [-0.15, -0.1) is 0 Å². The van der Waals surface area contributed by atoms with Gasteiger partial charge in [0.2, 0.25) is 0 Å². The van der Waals surface area contributed by atoms with Gasteiger partial charge < -0.3 is 0 Å². The van der Waals surface area contributed by atoms with Crippen molar-refractivity contribution in [3.63, 3.8) is 0 Å². The maximum atomic E-state index is 11.0. The molecule has 0 spiro atoms. The molecule has 0 radical (unpaired) electrons. The first-order valence-corrected chi connectivity index (χ1v) is 9.30. The molecule has 27 heavy (non-hydrogen) atoms. The summed E-state index contributed by atoms with van der Waals surface area (Å²) in [6, 6.07) is 19.5. The smallest absolute Gasteiger partial charge is 0.258 e. The molecule has 0 saturated heterocycles. The summed E-state index contributed by atoms with van der Waals surface area (Å²) in [6.45, 7) is 0. The average Bonchev–Trinajstić information content (AvgIpc) is 2.73. The lowest BCUT2D eigenvalue weighted by molar-refractivity contribution is -0.384. The number of rotatable bonds is 2. The molecule has 1 aliphatic rings. The topological polar surface area (TPSA) is 56.0 Å². The lowest BCUT2D eigenvalue weighted by atomic mass is 9.85. The molecular formula is C23H18N2O2. The number of hydrogen-bond acceptors (Lipinski definition) is 3. The Morgan fingerprint density at radius 3 is 2.37 bits per heavy atom. The van der Waals surface area contributed by atoms with Gasteiger partial charge in [-0.25, -0.2) is 4.98 Å². The predicted molar refractivity (Wildman–Crippen MR) is 108 cm³/mol. The Morgan fingerprint density at radius 1 is 0.852 bits per heavy atom. The van der Waals surface area contributed by atoms with Gasteiger partial charge >= 0.3 is 0 Å². The molecule has 1 aliphatic carbocycles. The van der Waals surface area contributed by atoms with E-state index < -0.39 is 0 Å². The van der Waals surface area contributed by atoms with Gasteiger partial charge in [0.15, 0.2) is 0 Å². The Bertz CT molecular complexity index is 1200. The highest BCUT2D eigenvalue weighted by Crippen LogP contribution is 2.38. The number of hydrogen-bond donors (Lipinski definition) is 0. The molecule has 0 aliphatic heterocycles. The van der Waals surface area contributed by atoms with Crippen LogP contribution in [0, 0.1) is 10.1 Å². The van der Waals surface area contributed by atoms with Gasteiger partial charge in [-0.05, 0) is 65.8 Å². The number of aromatic nitrogens is 1. The molecule has 5 rings (SSSR count). The number of nitro groups is 1. The van der Waals surface area contributed by atoms with E-state index in [1.807, 2.05) is 12.1 Å². The number of non-ortho nitro benzene ring substituents is 1. The highest BCUT2D eigenvalue weighted by molar-refractivity contribution is 6.09. The first kappa shape index (κ1) is 15.9. The van der Waals surface area contributed by atoms with Crippen LogP contribution in [0.4, 0.5) is 5.69 Å². The molecule has 3 aromatic carbocycles. The van der Waals surface area contributed by atoms with Crippen molar-refractivity contribution in [3.8, 4) is 11.3 Å². The maximum absolute atomic E-state index is 11.0. The van der Waals surface area contributed by atoms with Crippen LogP contribution in [-0.4, -0.2) is 9.91 Å². The summed E-state index contributed by atoms with van der Waals surface area (Å²) in [4.78, 5) is 15.6. The van der Waals surface area contributed by atoms with Gasteiger partial charge in [0.05, 0.1) is 16.1 Å². The van der Waals surface area contributed by atoms with Gasteiger partial charge in [0, 0.05) is 23.1 Å². The van der Waals surface area contributed by atoms with Gasteiger partial charge in [0.25, 0.3) is 5.69 Å². The van der Waals surface area contributed by atoms with Gasteiger partial charge in [-0.1, -0.05) is 30.3 Å². The number of aryl methyl sites for hydroxylation is 1. The lowest BCUT2D eigenvalue weighted by Gasteiger charge is -2.22. The van der Waals surface area contributed by atoms with Crippen LogP contribution >= 0.6 is 0 Å². The number of benzene rings is 3. The van der Waals surface area contributed by atoms with Crippen LogP contribution in [0.15, 0.2) is 60.7 Å². The Labute approximate surface area is 156 Å². The third kappa shape index (κ3) is 2.56. The highest BCUT2D eigenvalue weighted by atomic mass is 16.6. The minimum absolute atomic E-state index is 0.111. The van der Waals surface area contributed by atoms with E-state index in [4.69, 9.17) is 4.98 Å². The monoisotopic (exact) mass is 354 g/mol. The van der Waals surface area contributed by atoms with Crippen LogP contribution in [-0.2, 0) is 12.8 Å². The van der Waals surface area contributed by atoms with E-state index in [0.717, 1.165) is 36.0 Å². The third-order valence-electron chi connectivity index (χ3n) is 5.55. The van der Waals surface area contributed by atoms with E-state index in [1.165, 1.54) is 33.7 Å². The van der Waals surface area contributed by atoms with Crippen LogP contribution in [0.2, 0.25) is 0 Å². The molecule has 0 saturated carbocycles. The van der Waals surface area contributed by atoms with Crippen molar-refractivity contribution in [2.45, 2.75) is 25.7 Å². The first-order chi connectivity index (χ1) is 13.2. The van der Waals surface area contributed by atoms with Gasteiger partial charge in [-0.3, -0.25) is 10.1 Å². The minimum atomic E-state index is -0.362. The second-order valence-corrected chi connectivity index (χ2v) is 7.11. The van der Waals surface area contributed by atoms with Crippen molar-refractivity contribution in [2.75, 3.05) is 0 Å². The molecule has 1 aromatic heterocycles. The molecule has 1 heterocycles. The highest BCUT2D eigenvalue weighted by Gasteiger charge is 2.21. The Kier molecular flexibility index (Phi) is 3.64. The number of pyridine rings is 1. The molecule has 0 atom stereocenters. The van der Waals surface area contributed by atoms with Crippen molar-refractivity contribution in [1.82, 2.24) is 4.98 Å². The van der Waals surface area contributed by atoms with Gasteiger partial charge in [-0.2, -0.15) is 0 Å². The second kappa shape index (κ2) is 6.16. The van der Waals surface area contributed by atoms with Gasteiger partial charge in [0.1, 0.15) is 0 Å². The zero-order chi connectivity index (χ0) is 18.4. The van der Waals surface area contributed by atoms with Crippen LogP contribution in [0.25, 0.3) is 32.9 Å². The fraction of sp³-hybridized carbons (Fsp3) is 0.174. The molecule has 4 aromatic rings. The molecule has 4 nitrogen and oxygen atoms in total. The predicted octanol–water partition coefficient (Wildman–Crippen LogP) is 5.84. The molecule has 0 amide bonds. The fourth-order valence-corrected chi connectivity index (χ4v) is 4.28. The fourth-order valence-electron chi connectivity index (χ4n) is 4.28. The second-order valence-electron chi connectivity index (χ2n) is 7.11. The van der Waals surface area contributed by atoms with Crippen LogP contribution in [0.1, 0.15) is 24.0 Å². The van der Waals surface area contributed by atoms with Crippen molar-refractivity contribution in [1.29, 1.82) is 0 Å². The summed E-state index contributed by atoms with van der Waals surface area (Å²) in [5.74, 6) is 0. The zero-order valence-electron chi connectivity index (χ0n) is 14.8. The summed E-state index contributed by atoms with van der Waals surface area (Å²) in [5, 5.41) is 14.7. The molecule has 0 N–H and O–H groups in total. The SMILES string of the molecule is O=[N+]([O-])c1ccc(-c2nc3ccc4ccccc4c3c3c2CCCC3)cc1. The first-order valence-electron chi connectivity index (χ1n) is 9.30. The standard InChI is InChI=1S/C23H18N2O2/c26-25(27)17-12-9-16(10-13-17)23-20-8-4-3-7-19(20)22-18-6-2-1-5-15(18)11-14-21(22)24-23/h1-2,5-6,9-14H,3-4,7-8H2. The Hall–Kier alpha value is -3.27. The van der Waals surface area contributed by atoms with Crippen molar-refractivity contribution in [3.05, 3.63) is 81.9 Å². The summed E-state index contributed by atoms with van der Waals surface area (Å²) in [7, 11) is 0. The molecule has 0 fully saturated rings.